The van der Waals surface area contributed by atoms with Crippen molar-refractivity contribution in [1.82, 2.24) is 5.32 Å². The van der Waals surface area contributed by atoms with Gasteiger partial charge in [-0.3, -0.25) is 9.59 Å². The number of amides is 2. The number of carbonyl (C=O) groups is 2. The number of rotatable bonds is 5. The molecule has 6 heteroatoms. The van der Waals surface area contributed by atoms with E-state index in [9.17, 15) is 9.59 Å². The number of nitrogens with one attached hydrogen (secondary N) is 2. The topological polar surface area (TPSA) is 67.4 Å². The molecule has 5 nitrogen and oxygen atoms in total. The second-order valence-electron chi connectivity index (χ2n) is 6.25. The van der Waals surface area contributed by atoms with Gasteiger partial charge in [-0.05, 0) is 30.3 Å². The number of hydrogen-bond acceptors (Lipinski definition) is 4. The Hall–Kier alpha value is -3.38. The van der Waals surface area contributed by atoms with E-state index in [-0.39, 0.29) is 11.8 Å². The fourth-order valence-corrected chi connectivity index (χ4v) is 4.14. The van der Waals surface area contributed by atoms with Crippen LogP contribution in [-0.4, -0.2) is 18.4 Å². The van der Waals surface area contributed by atoms with Crippen molar-refractivity contribution >= 4 is 28.8 Å². The molecule has 0 unspecified atom stereocenters. The van der Waals surface area contributed by atoms with E-state index in [1.165, 1.54) is 11.3 Å². The van der Waals surface area contributed by atoms with Crippen LogP contribution in [0.15, 0.2) is 67.3 Å². The molecule has 0 saturated heterocycles. The Bertz CT molecular complexity index is 1070. The molecule has 2 N–H and O–H groups in total. The highest BCUT2D eigenvalue weighted by Crippen LogP contribution is 2.42. The first-order valence-corrected chi connectivity index (χ1v) is 9.63. The number of ether oxygens (including phenoxy) is 1. The van der Waals surface area contributed by atoms with Gasteiger partial charge < -0.3 is 15.4 Å². The maximum Gasteiger partial charge on any atom is 0.265 e. The van der Waals surface area contributed by atoms with Crippen molar-refractivity contribution in [3.05, 3.63) is 83.3 Å². The molecule has 0 atom stereocenters. The molecular weight excluding hydrogens is 372 g/mol. The third-order valence-electron chi connectivity index (χ3n) is 4.37. The summed E-state index contributed by atoms with van der Waals surface area (Å²) in [6, 6.07) is 16.6. The van der Waals surface area contributed by atoms with Gasteiger partial charge in [0.05, 0.1) is 16.1 Å². The van der Waals surface area contributed by atoms with Crippen LogP contribution in [0.4, 0.5) is 5.69 Å². The number of fused-ring (bicyclic) bond motifs is 3. The second-order valence-corrected chi connectivity index (χ2v) is 7.30. The summed E-state index contributed by atoms with van der Waals surface area (Å²) in [5.74, 6) is 0.317. The fraction of sp³-hybridized carbons (Fsp3) is 0.0909. The van der Waals surface area contributed by atoms with Gasteiger partial charge in [-0.1, -0.05) is 30.3 Å². The van der Waals surface area contributed by atoms with Crippen LogP contribution in [0.1, 0.15) is 25.6 Å². The van der Waals surface area contributed by atoms with Gasteiger partial charge in [0.1, 0.15) is 12.4 Å². The largest absolute Gasteiger partial charge is 0.488 e. The van der Waals surface area contributed by atoms with Crippen molar-refractivity contribution in [2.45, 2.75) is 6.61 Å². The Morgan fingerprint density at radius 2 is 1.89 bits per heavy atom. The van der Waals surface area contributed by atoms with E-state index in [2.05, 4.69) is 17.2 Å². The molecule has 4 rings (SSSR count). The molecule has 0 fully saturated rings. The van der Waals surface area contributed by atoms with E-state index in [0.717, 1.165) is 21.8 Å². The standard InChI is InChI=1S/C22H18N2O3S/c1-2-11-23-21(25)15-7-3-5-9-17(15)24-22(26)19-12-14-13-27-18-10-6-4-8-16(18)20(14)28-19/h2-10,12H,1,11,13H2,(H,23,25)(H,24,26). The van der Waals surface area contributed by atoms with Crippen molar-refractivity contribution in [3.63, 3.8) is 0 Å². The zero-order chi connectivity index (χ0) is 19.5. The molecule has 1 aliphatic heterocycles. The van der Waals surface area contributed by atoms with Gasteiger partial charge in [0, 0.05) is 22.5 Å². The smallest absolute Gasteiger partial charge is 0.265 e. The van der Waals surface area contributed by atoms with Crippen LogP contribution in [0.2, 0.25) is 0 Å². The van der Waals surface area contributed by atoms with Crippen LogP contribution in [0, 0.1) is 0 Å². The molecule has 2 amide bonds. The lowest BCUT2D eigenvalue weighted by Gasteiger charge is -2.16. The van der Waals surface area contributed by atoms with E-state index in [0.29, 0.717) is 29.3 Å². The van der Waals surface area contributed by atoms with Crippen molar-refractivity contribution in [2.24, 2.45) is 0 Å². The summed E-state index contributed by atoms with van der Waals surface area (Å²) in [4.78, 5) is 26.8. The zero-order valence-corrected chi connectivity index (χ0v) is 15.8. The summed E-state index contributed by atoms with van der Waals surface area (Å²) < 4.78 is 5.76. The van der Waals surface area contributed by atoms with Crippen molar-refractivity contribution in [3.8, 4) is 16.2 Å². The van der Waals surface area contributed by atoms with Gasteiger partial charge in [0.25, 0.3) is 11.8 Å². The van der Waals surface area contributed by atoms with E-state index >= 15 is 0 Å². The third kappa shape index (κ3) is 3.42. The molecule has 1 aromatic heterocycles. The van der Waals surface area contributed by atoms with E-state index in [1.54, 1.807) is 30.3 Å². The van der Waals surface area contributed by atoms with E-state index < -0.39 is 0 Å². The minimum Gasteiger partial charge on any atom is -0.488 e. The zero-order valence-electron chi connectivity index (χ0n) is 15.0. The highest BCUT2D eigenvalue weighted by molar-refractivity contribution is 7.17. The third-order valence-corrected chi connectivity index (χ3v) is 5.58. The molecule has 0 aliphatic carbocycles. The normalized spacial score (nSPS) is 11.6. The lowest BCUT2D eigenvalue weighted by molar-refractivity contribution is 0.0959. The first-order chi connectivity index (χ1) is 13.7. The van der Waals surface area contributed by atoms with Crippen molar-refractivity contribution < 1.29 is 14.3 Å². The van der Waals surface area contributed by atoms with E-state index in [1.807, 2.05) is 30.3 Å². The number of thiophene rings is 1. The summed E-state index contributed by atoms with van der Waals surface area (Å²) >= 11 is 1.43. The summed E-state index contributed by atoms with van der Waals surface area (Å²) in [6.07, 6.45) is 1.61. The van der Waals surface area contributed by atoms with Crippen molar-refractivity contribution in [1.29, 1.82) is 0 Å². The molecule has 28 heavy (non-hydrogen) atoms. The van der Waals surface area contributed by atoms with Crippen LogP contribution in [0.5, 0.6) is 5.75 Å². The maximum absolute atomic E-state index is 12.8. The molecule has 140 valence electrons. The van der Waals surface area contributed by atoms with Gasteiger partial charge in [-0.2, -0.15) is 0 Å². The molecule has 0 spiro atoms. The van der Waals surface area contributed by atoms with Crippen LogP contribution >= 0.6 is 11.3 Å². The minimum atomic E-state index is -0.261. The van der Waals surface area contributed by atoms with Gasteiger partial charge >= 0.3 is 0 Å². The SMILES string of the molecule is C=CCNC(=O)c1ccccc1NC(=O)c1cc2c(s1)-c1ccccc1OC2. The quantitative estimate of drug-likeness (QED) is 0.632. The lowest BCUT2D eigenvalue weighted by Crippen LogP contribution is -2.25. The average Bonchev–Trinajstić information content (AvgIpc) is 3.17. The van der Waals surface area contributed by atoms with Crippen LogP contribution < -0.4 is 15.4 Å². The average molecular weight is 390 g/mol. The monoisotopic (exact) mass is 390 g/mol. The highest BCUT2D eigenvalue weighted by atomic mass is 32.1. The van der Waals surface area contributed by atoms with Gasteiger partial charge in [-0.15, -0.1) is 17.9 Å². The van der Waals surface area contributed by atoms with Crippen LogP contribution in [0.25, 0.3) is 10.4 Å². The van der Waals surface area contributed by atoms with Gasteiger partial charge in [0.15, 0.2) is 0 Å². The Morgan fingerprint density at radius 1 is 1.11 bits per heavy atom. The number of para-hydroxylation sites is 2. The molecule has 0 bridgehead atoms. The summed E-state index contributed by atoms with van der Waals surface area (Å²) in [6.45, 7) is 4.39. The number of benzene rings is 2. The minimum absolute atomic E-state index is 0.249. The molecule has 0 saturated carbocycles. The first-order valence-electron chi connectivity index (χ1n) is 8.81. The number of hydrogen-bond donors (Lipinski definition) is 2. The Morgan fingerprint density at radius 3 is 2.75 bits per heavy atom. The maximum atomic E-state index is 12.8. The predicted octanol–water partition coefficient (Wildman–Crippen LogP) is 4.48. The first kappa shape index (κ1) is 18.0. The van der Waals surface area contributed by atoms with Crippen molar-refractivity contribution in [2.75, 3.05) is 11.9 Å². The second kappa shape index (κ2) is 7.70. The Balaban J connectivity index is 1.59. The molecule has 0 radical (unpaired) electrons. The molecule has 2 heterocycles. The fourth-order valence-electron chi connectivity index (χ4n) is 3.05. The number of anilines is 1. The summed E-state index contributed by atoms with van der Waals surface area (Å²) in [5, 5.41) is 5.59. The summed E-state index contributed by atoms with van der Waals surface area (Å²) in [5.41, 5.74) is 2.87. The van der Waals surface area contributed by atoms with Crippen LogP contribution in [-0.2, 0) is 6.61 Å². The van der Waals surface area contributed by atoms with Crippen LogP contribution in [0.3, 0.4) is 0 Å². The highest BCUT2D eigenvalue weighted by Gasteiger charge is 2.23. The lowest BCUT2D eigenvalue weighted by atomic mass is 10.1. The molecule has 3 aromatic rings. The van der Waals surface area contributed by atoms with E-state index in [4.69, 9.17) is 4.74 Å². The summed E-state index contributed by atoms with van der Waals surface area (Å²) in [7, 11) is 0. The molecule has 1 aliphatic rings. The predicted molar refractivity (Wildman–Crippen MR) is 111 cm³/mol. The Labute approximate surface area is 166 Å². The van der Waals surface area contributed by atoms with Gasteiger partial charge in [0.2, 0.25) is 0 Å². The Kier molecular flexibility index (Phi) is 4.95. The van der Waals surface area contributed by atoms with Gasteiger partial charge in [-0.25, -0.2) is 0 Å². The molecule has 2 aromatic carbocycles. The molecular formula is C22H18N2O3S. The number of carbonyl (C=O) groups excluding carboxylic acids is 2.